The van der Waals surface area contributed by atoms with Gasteiger partial charge in [0.2, 0.25) is 0 Å². The first kappa shape index (κ1) is 17.9. The maximum absolute atomic E-state index is 12.3. The second-order valence-corrected chi connectivity index (χ2v) is 6.49. The summed E-state index contributed by atoms with van der Waals surface area (Å²) < 4.78 is 0.341. The van der Waals surface area contributed by atoms with Gasteiger partial charge in [0.25, 0.3) is 5.91 Å². The lowest BCUT2D eigenvalue weighted by atomic mass is 10.1. The first-order chi connectivity index (χ1) is 11.4. The van der Waals surface area contributed by atoms with E-state index in [0.29, 0.717) is 9.23 Å². The van der Waals surface area contributed by atoms with E-state index in [4.69, 9.17) is 22.4 Å². The van der Waals surface area contributed by atoms with Gasteiger partial charge < -0.3 is 10.2 Å². The molecule has 1 heterocycles. The summed E-state index contributed by atoms with van der Waals surface area (Å²) in [6.07, 6.45) is 4.02. The van der Waals surface area contributed by atoms with Gasteiger partial charge in [0, 0.05) is 12.6 Å². The molecule has 1 aliphatic rings. The second kappa shape index (κ2) is 7.89. The highest BCUT2D eigenvalue weighted by Crippen LogP contribution is 2.32. The van der Waals surface area contributed by atoms with E-state index >= 15 is 0 Å². The van der Waals surface area contributed by atoms with Crippen molar-refractivity contribution in [3.63, 3.8) is 0 Å². The third kappa shape index (κ3) is 4.77. The Kier molecular flexibility index (Phi) is 5.88. The molecule has 0 aromatic heterocycles. The first-order valence-electron chi connectivity index (χ1n) is 6.85. The molecular formula is C16H13NO5S2. The van der Waals surface area contributed by atoms with Crippen LogP contribution in [0.1, 0.15) is 17.5 Å². The quantitative estimate of drug-likeness (QED) is 0.592. The van der Waals surface area contributed by atoms with E-state index in [1.165, 1.54) is 11.0 Å². The summed E-state index contributed by atoms with van der Waals surface area (Å²) in [6.45, 7) is 0.0518. The summed E-state index contributed by atoms with van der Waals surface area (Å²) in [5.74, 6) is -2.32. The Bertz CT molecular complexity index is 752. The highest BCUT2D eigenvalue weighted by atomic mass is 32.2. The van der Waals surface area contributed by atoms with Crippen LogP contribution in [-0.4, -0.2) is 43.8 Å². The Balaban J connectivity index is 2.11. The van der Waals surface area contributed by atoms with Gasteiger partial charge in [0.1, 0.15) is 4.32 Å². The molecule has 0 unspecified atom stereocenters. The number of benzene rings is 1. The van der Waals surface area contributed by atoms with E-state index in [0.717, 1.165) is 29.0 Å². The Morgan fingerprint density at radius 2 is 1.79 bits per heavy atom. The molecule has 1 aliphatic heterocycles. The number of carbonyl (C=O) groups excluding carboxylic acids is 1. The molecule has 24 heavy (non-hydrogen) atoms. The maximum Gasteiger partial charge on any atom is 0.328 e. The van der Waals surface area contributed by atoms with E-state index in [2.05, 4.69) is 0 Å². The highest BCUT2D eigenvalue weighted by Gasteiger charge is 2.31. The summed E-state index contributed by atoms with van der Waals surface area (Å²) in [7, 11) is 0. The number of hydrogen-bond donors (Lipinski definition) is 2. The van der Waals surface area contributed by atoms with Crippen molar-refractivity contribution in [2.75, 3.05) is 6.54 Å². The third-order valence-electron chi connectivity index (χ3n) is 3.08. The molecule has 0 saturated carbocycles. The minimum atomic E-state index is -1.02. The zero-order valence-corrected chi connectivity index (χ0v) is 14.0. The van der Waals surface area contributed by atoms with Crippen LogP contribution in [0.3, 0.4) is 0 Å². The largest absolute Gasteiger partial charge is 0.481 e. The predicted molar refractivity (Wildman–Crippen MR) is 95.2 cm³/mol. The third-order valence-corrected chi connectivity index (χ3v) is 4.45. The van der Waals surface area contributed by atoms with Crippen LogP contribution in [0.5, 0.6) is 0 Å². The van der Waals surface area contributed by atoms with Gasteiger partial charge in [-0.2, -0.15) is 0 Å². The SMILES string of the molecule is O=C(O)/C=C/c1ccc(/C=C2\SC(=S)N(CCC(=O)O)C2=O)cc1. The molecule has 0 radical (unpaired) electrons. The number of carboxylic acids is 2. The Morgan fingerprint density at radius 1 is 1.17 bits per heavy atom. The van der Waals surface area contributed by atoms with Gasteiger partial charge in [-0.05, 0) is 23.3 Å². The van der Waals surface area contributed by atoms with Crippen LogP contribution in [0.25, 0.3) is 12.2 Å². The average Bonchev–Trinajstić information content (AvgIpc) is 2.78. The van der Waals surface area contributed by atoms with Gasteiger partial charge in [0.05, 0.1) is 11.3 Å². The zero-order chi connectivity index (χ0) is 17.7. The smallest absolute Gasteiger partial charge is 0.328 e. The van der Waals surface area contributed by atoms with E-state index in [9.17, 15) is 14.4 Å². The summed E-state index contributed by atoms with van der Waals surface area (Å²) in [5, 5.41) is 17.3. The molecule has 2 rings (SSSR count). The molecule has 0 aliphatic carbocycles. The molecule has 6 nitrogen and oxygen atoms in total. The molecule has 2 N–H and O–H groups in total. The summed E-state index contributed by atoms with van der Waals surface area (Å²) in [6, 6.07) is 6.98. The van der Waals surface area contributed by atoms with Gasteiger partial charge >= 0.3 is 11.9 Å². The molecule has 0 atom stereocenters. The van der Waals surface area contributed by atoms with Crippen LogP contribution in [0.2, 0.25) is 0 Å². The summed E-state index contributed by atoms with van der Waals surface area (Å²) in [5.41, 5.74) is 1.49. The Hall–Kier alpha value is -2.45. The number of amides is 1. The minimum absolute atomic E-state index is 0.0518. The van der Waals surface area contributed by atoms with Crippen molar-refractivity contribution in [3.8, 4) is 0 Å². The molecule has 1 aromatic rings. The molecule has 1 saturated heterocycles. The lowest BCUT2D eigenvalue weighted by molar-refractivity contribution is -0.137. The van der Waals surface area contributed by atoms with Crippen molar-refractivity contribution in [3.05, 3.63) is 46.4 Å². The molecule has 1 fully saturated rings. The highest BCUT2D eigenvalue weighted by molar-refractivity contribution is 8.26. The fraction of sp³-hybridized carbons (Fsp3) is 0.125. The van der Waals surface area contributed by atoms with E-state index in [1.54, 1.807) is 30.3 Å². The number of rotatable bonds is 6. The summed E-state index contributed by atoms with van der Waals surface area (Å²) >= 11 is 6.24. The number of hydrogen-bond acceptors (Lipinski definition) is 5. The standard InChI is InChI=1S/C16H13NO5S2/c18-13(19)6-5-10-1-3-11(4-2-10)9-12-15(22)17(16(23)24-12)8-7-14(20)21/h1-6,9H,7-8H2,(H,18,19)(H,20,21)/b6-5+,12-9-. The number of thioether (sulfide) groups is 1. The van der Waals surface area contributed by atoms with Crippen LogP contribution in [0, 0.1) is 0 Å². The van der Waals surface area contributed by atoms with Crippen molar-refractivity contribution in [2.45, 2.75) is 6.42 Å². The van der Waals surface area contributed by atoms with Crippen LogP contribution >= 0.6 is 24.0 Å². The number of nitrogens with zero attached hydrogens (tertiary/aromatic N) is 1. The monoisotopic (exact) mass is 363 g/mol. The van der Waals surface area contributed by atoms with Crippen LogP contribution in [-0.2, 0) is 14.4 Å². The van der Waals surface area contributed by atoms with E-state index < -0.39 is 11.9 Å². The van der Waals surface area contributed by atoms with Crippen LogP contribution in [0.15, 0.2) is 35.2 Å². The van der Waals surface area contributed by atoms with Gasteiger partial charge in [-0.25, -0.2) is 4.79 Å². The van der Waals surface area contributed by atoms with Crippen LogP contribution in [0.4, 0.5) is 0 Å². The van der Waals surface area contributed by atoms with Crippen molar-refractivity contribution in [1.29, 1.82) is 0 Å². The molecule has 1 aromatic carbocycles. The lowest BCUT2D eigenvalue weighted by Gasteiger charge is -2.12. The van der Waals surface area contributed by atoms with Crippen LogP contribution < -0.4 is 0 Å². The van der Waals surface area contributed by atoms with Crippen molar-refractivity contribution >= 4 is 58.3 Å². The van der Waals surface area contributed by atoms with Crippen molar-refractivity contribution < 1.29 is 24.6 Å². The lowest BCUT2D eigenvalue weighted by Crippen LogP contribution is -2.30. The molecule has 0 bridgehead atoms. The molecule has 1 amide bonds. The van der Waals surface area contributed by atoms with Gasteiger partial charge in [-0.1, -0.05) is 48.2 Å². The average molecular weight is 363 g/mol. The Morgan fingerprint density at radius 3 is 2.38 bits per heavy atom. The maximum atomic E-state index is 12.3. The van der Waals surface area contributed by atoms with E-state index in [1.807, 2.05) is 0 Å². The topological polar surface area (TPSA) is 94.9 Å². The van der Waals surface area contributed by atoms with E-state index in [-0.39, 0.29) is 18.9 Å². The van der Waals surface area contributed by atoms with Crippen molar-refractivity contribution in [1.82, 2.24) is 4.90 Å². The molecule has 0 spiro atoms. The fourth-order valence-corrected chi connectivity index (χ4v) is 3.23. The summed E-state index contributed by atoms with van der Waals surface area (Å²) in [4.78, 5) is 35.1. The predicted octanol–water partition coefficient (Wildman–Crippen LogP) is 2.46. The number of aliphatic carboxylic acids is 2. The second-order valence-electron chi connectivity index (χ2n) is 4.82. The van der Waals surface area contributed by atoms with Gasteiger partial charge in [-0.15, -0.1) is 0 Å². The Labute approximate surface area is 147 Å². The van der Waals surface area contributed by atoms with Crippen molar-refractivity contribution in [2.24, 2.45) is 0 Å². The first-order valence-corrected chi connectivity index (χ1v) is 8.07. The molecular weight excluding hydrogens is 350 g/mol. The molecule has 124 valence electrons. The molecule has 8 heteroatoms. The number of carboxylic acid groups (broad SMARTS) is 2. The normalized spacial score (nSPS) is 16.3. The number of thiocarbonyl (C=S) groups is 1. The van der Waals surface area contributed by atoms with Gasteiger partial charge in [0.15, 0.2) is 0 Å². The fourth-order valence-electron chi connectivity index (χ4n) is 1.92. The zero-order valence-electron chi connectivity index (χ0n) is 12.3. The van der Waals surface area contributed by atoms with Gasteiger partial charge in [-0.3, -0.25) is 14.5 Å². The minimum Gasteiger partial charge on any atom is -0.481 e. The number of carbonyl (C=O) groups is 3.